The van der Waals surface area contributed by atoms with Gasteiger partial charge in [0.25, 0.3) is 0 Å². The van der Waals surface area contributed by atoms with E-state index in [-0.39, 0.29) is 0 Å². The molecule has 2 heterocycles. The number of hydrogen-bond acceptors (Lipinski definition) is 6. The van der Waals surface area contributed by atoms with Crippen molar-refractivity contribution in [2.45, 2.75) is 51.0 Å². The number of aromatic nitrogens is 1. The third kappa shape index (κ3) is 2.70. The molecule has 2 fully saturated rings. The Morgan fingerprint density at radius 1 is 1.45 bits per heavy atom. The van der Waals surface area contributed by atoms with Crippen LogP contribution in [-0.2, 0) is 22.6 Å². The number of methoxy groups -OCH3 is 1. The molecule has 1 aliphatic heterocycles. The second kappa shape index (κ2) is 6.39. The van der Waals surface area contributed by atoms with Crippen LogP contribution in [0.3, 0.4) is 0 Å². The molecule has 1 saturated heterocycles. The minimum atomic E-state index is 0.383. The summed E-state index contributed by atoms with van der Waals surface area (Å²) in [5, 5.41) is 1.10. The number of nitrogens with zero attached hydrogens (tertiary/aromatic N) is 2. The molecule has 0 bridgehead atoms. The molecular weight excluding hydrogens is 274 g/mol. The Labute approximate surface area is 124 Å². The van der Waals surface area contributed by atoms with Gasteiger partial charge in [-0.2, -0.15) is 0 Å². The number of fused-ring (bicyclic) bond motifs is 1. The highest BCUT2D eigenvalue weighted by Crippen LogP contribution is 2.35. The summed E-state index contributed by atoms with van der Waals surface area (Å²) in [6.07, 6.45) is 5.36. The summed E-state index contributed by atoms with van der Waals surface area (Å²) < 4.78 is 11.2. The predicted octanol–water partition coefficient (Wildman–Crippen LogP) is 1.90. The van der Waals surface area contributed by atoms with E-state index in [1.165, 1.54) is 25.7 Å². The van der Waals surface area contributed by atoms with Crippen LogP contribution in [0.25, 0.3) is 0 Å². The lowest BCUT2D eigenvalue weighted by Gasteiger charge is -2.43. The van der Waals surface area contributed by atoms with Crippen LogP contribution < -0.4 is 10.6 Å². The van der Waals surface area contributed by atoms with Crippen LogP contribution in [-0.4, -0.2) is 37.4 Å². The van der Waals surface area contributed by atoms with Gasteiger partial charge in [0, 0.05) is 25.1 Å². The van der Waals surface area contributed by atoms with Gasteiger partial charge < -0.3 is 20.1 Å². The standard InChI is InChI=1S/C14H23N3O2S/c1-18-9-10-13(8-15)20-14(16-10)17-6-7-19-12-5-3-2-4-11(12)17/h11-12H,2-9,15H2,1H3. The zero-order valence-corrected chi connectivity index (χ0v) is 12.8. The summed E-state index contributed by atoms with van der Waals surface area (Å²) >= 11 is 1.72. The van der Waals surface area contributed by atoms with Crippen molar-refractivity contribution in [1.82, 2.24) is 4.98 Å². The molecule has 20 heavy (non-hydrogen) atoms. The highest BCUT2D eigenvalue weighted by molar-refractivity contribution is 7.15. The fourth-order valence-electron chi connectivity index (χ4n) is 3.24. The van der Waals surface area contributed by atoms with Crippen molar-refractivity contribution in [2.75, 3.05) is 25.2 Å². The fourth-order valence-corrected chi connectivity index (χ4v) is 4.26. The van der Waals surface area contributed by atoms with Crippen LogP contribution in [0.15, 0.2) is 0 Å². The molecule has 2 unspecified atom stereocenters. The quantitative estimate of drug-likeness (QED) is 0.919. The van der Waals surface area contributed by atoms with Crippen molar-refractivity contribution in [3.05, 3.63) is 10.6 Å². The molecule has 112 valence electrons. The van der Waals surface area contributed by atoms with Crippen molar-refractivity contribution < 1.29 is 9.47 Å². The lowest BCUT2D eigenvalue weighted by molar-refractivity contribution is -0.00871. The highest BCUT2D eigenvalue weighted by Gasteiger charge is 2.35. The van der Waals surface area contributed by atoms with E-state index < -0.39 is 0 Å². The molecule has 0 amide bonds. The van der Waals surface area contributed by atoms with Gasteiger partial charge in [0.05, 0.1) is 31.1 Å². The maximum absolute atomic E-state index is 5.93. The number of morpholine rings is 1. The maximum Gasteiger partial charge on any atom is 0.186 e. The van der Waals surface area contributed by atoms with Gasteiger partial charge in [0.15, 0.2) is 5.13 Å². The van der Waals surface area contributed by atoms with Gasteiger partial charge in [0.1, 0.15) is 0 Å². The first-order valence-electron chi connectivity index (χ1n) is 7.39. The molecule has 1 aromatic rings. The third-order valence-electron chi connectivity index (χ3n) is 4.21. The number of thiazole rings is 1. The zero-order chi connectivity index (χ0) is 13.9. The largest absolute Gasteiger partial charge is 0.378 e. The van der Waals surface area contributed by atoms with E-state index in [0.29, 0.717) is 25.3 Å². The third-order valence-corrected chi connectivity index (χ3v) is 5.37. The summed E-state index contributed by atoms with van der Waals surface area (Å²) in [7, 11) is 1.70. The van der Waals surface area contributed by atoms with Gasteiger partial charge in [-0.1, -0.05) is 12.8 Å². The predicted molar refractivity (Wildman–Crippen MR) is 80.1 cm³/mol. The molecule has 5 nitrogen and oxygen atoms in total. The molecule has 1 saturated carbocycles. The number of anilines is 1. The fraction of sp³-hybridized carbons (Fsp3) is 0.786. The van der Waals surface area contributed by atoms with E-state index in [0.717, 1.165) is 28.9 Å². The Morgan fingerprint density at radius 3 is 3.10 bits per heavy atom. The lowest BCUT2D eigenvalue weighted by atomic mass is 9.90. The molecule has 2 aliphatic rings. The number of nitrogens with two attached hydrogens (primary N) is 1. The van der Waals surface area contributed by atoms with Gasteiger partial charge in [-0.25, -0.2) is 4.98 Å². The van der Waals surface area contributed by atoms with Gasteiger partial charge in [0.2, 0.25) is 0 Å². The smallest absolute Gasteiger partial charge is 0.186 e. The molecule has 3 rings (SSSR count). The first-order chi connectivity index (χ1) is 9.83. The topological polar surface area (TPSA) is 60.6 Å². The Balaban J connectivity index is 1.83. The van der Waals surface area contributed by atoms with Gasteiger partial charge in [-0.3, -0.25) is 0 Å². The van der Waals surface area contributed by atoms with Crippen LogP contribution in [0.5, 0.6) is 0 Å². The molecular formula is C14H23N3O2S. The van der Waals surface area contributed by atoms with Crippen molar-refractivity contribution in [2.24, 2.45) is 5.73 Å². The van der Waals surface area contributed by atoms with E-state index in [9.17, 15) is 0 Å². The van der Waals surface area contributed by atoms with E-state index in [4.69, 9.17) is 20.2 Å². The molecule has 2 atom stereocenters. The van der Waals surface area contributed by atoms with E-state index in [2.05, 4.69) is 4.90 Å². The molecule has 6 heteroatoms. The Kier molecular flexibility index (Phi) is 4.55. The Bertz CT molecular complexity index is 450. The summed E-state index contributed by atoms with van der Waals surface area (Å²) in [6.45, 7) is 2.82. The maximum atomic E-state index is 5.93. The van der Waals surface area contributed by atoms with Crippen LogP contribution in [0.4, 0.5) is 5.13 Å². The summed E-state index contributed by atoms with van der Waals surface area (Å²) in [6, 6.07) is 0.490. The molecule has 2 N–H and O–H groups in total. The summed E-state index contributed by atoms with van der Waals surface area (Å²) in [5.41, 5.74) is 6.82. The van der Waals surface area contributed by atoms with Crippen LogP contribution in [0.1, 0.15) is 36.3 Å². The monoisotopic (exact) mass is 297 g/mol. The Morgan fingerprint density at radius 2 is 2.30 bits per heavy atom. The van der Waals surface area contributed by atoms with Crippen LogP contribution >= 0.6 is 11.3 Å². The minimum Gasteiger partial charge on any atom is -0.378 e. The first kappa shape index (κ1) is 14.3. The van der Waals surface area contributed by atoms with Crippen LogP contribution in [0, 0.1) is 0 Å². The number of hydrogen-bond donors (Lipinski definition) is 1. The molecule has 1 aromatic heterocycles. The minimum absolute atomic E-state index is 0.383. The lowest BCUT2D eigenvalue weighted by Crippen LogP contribution is -2.52. The molecule has 1 aliphatic carbocycles. The number of rotatable bonds is 4. The van der Waals surface area contributed by atoms with E-state index >= 15 is 0 Å². The average molecular weight is 297 g/mol. The Hall–Kier alpha value is -0.690. The van der Waals surface area contributed by atoms with Crippen molar-refractivity contribution in [3.63, 3.8) is 0 Å². The van der Waals surface area contributed by atoms with Crippen LogP contribution in [0.2, 0.25) is 0 Å². The normalized spacial score (nSPS) is 26.6. The first-order valence-corrected chi connectivity index (χ1v) is 8.21. The van der Waals surface area contributed by atoms with Gasteiger partial charge in [-0.05, 0) is 12.8 Å². The highest BCUT2D eigenvalue weighted by atomic mass is 32.1. The summed E-state index contributed by atoms with van der Waals surface area (Å²) in [4.78, 5) is 8.35. The SMILES string of the molecule is COCc1nc(N2CCOC3CCCCC32)sc1CN. The second-order valence-corrected chi connectivity index (χ2v) is 6.52. The number of ether oxygens (including phenoxy) is 2. The van der Waals surface area contributed by atoms with Gasteiger partial charge in [-0.15, -0.1) is 11.3 Å². The van der Waals surface area contributed by atoms with Crippen molar-refractivity contribution in [3.8, 4) is 0 Å². The molecule has 0 aromatic carbocycles. The average Bonchev–Trinajstić information content (AvgIpc) is 2.90. The summed E-state index contributed by atoms with van der Waals surface area (Å²) in [5.74, 6) is 0. The van der Waals surface area contributed by atoms with E-state index in [1.807, 2.05) is 0 Å². The van der Waals surface area contributed by atoms with Gasteiger partial charge >= 0.3 is 0 Å². The van der Waals surface area contributed by atoms with Crippen molar-refractivity contribution in [1.29, 1.82) is 0 Å². The van der Waals surface area contributed by atoms with E-state index in [1.54, 1.807) is 18.4 Å². The second-order valence-electron chi connectivity index (χ2n) is 5.46. The van der Waals surface area contributed by atoms with Crippen molar-refractivity contribution >= 4 is 16.5 Å². The molecule has 0 radical (unpaired) electrons. The molecule has 0 spiro atoms. The zero-order valence-electron chi connectivity index (χ0n) is 12.0.